The largest absolute Gasteiger partial charge is 0.359 e. The molecule has 2 N–H and O–H groups in total. The van der Waals surface area contributed by atoms with Crippen LogP contribution in [0.3, 0.4) is 0 Å². The van der Waals surface area contributed by atoms with Crippen molar-refractivity contribution in [3.05, 3.63) is 72.2 Å². The summed E-state index contributed by atoms with van der Waals surface area (Å²) in [6.45, 7) is 4.21. The fourth-order valence-corrected chi connectivity index (χ4v) is 2.50. The van der Waals surface area contributed by atoms with Gasteiger partial charge in [-0.25, -0.2) is 9.97 Å². The summed E-state index contributed by atoms with van der Waals surface area (Å²) in [7, 11) is 0. The van der Waals surface area contributed by atoms with Crippen LogP contribution in [-0.4, -0.2) is 26.9 Å². The first-order valence-electron chi connectivity index (χ1n) is 8.46. The summed E-state index contributed by atoms with van der Waals surface area (Å²) in [6, 6.07) is 14.9. The second kappa shape index (κ2) is 8.20. The van der Waals surface area contributed by atoms with Crippen LogP contribution in [-0.2, 0) is 11.3 Å². The predicted octanol–water partition coefficient (Wildman–Crippen LogP) is 2.96. The van der Waals surface area contributed by atoms with Crippen molar-refractivity contribution in [3.63, 3.8) is 0 Å². The van der Waals surface area contributed by atoms with Crippen LogP contribution in [0.25, 0.3) is 11.4 Å². The number of rotatable bonds is 6. The fraction of sp³-hybridized carbons (Fsp3) is 0.200. The zero-order valence-electron chi connectivity index (χ0n) is 14.8. The summed E-state index contributed by atoms with van der Waals surface area (Å²) in [5, 5.41) is 6.08. The Balaban J connectivity index is 1.66. The van der Waals surface area contributed by atoms with E-state index in [1.54, 1.807) is 12.4 Å². The quantitative estimate of drug-likeness (QED) is 0.717. The number of amides is 1. The van der Waals surface area contributed by atoms with Crippen LogP contribution in [0.2, 0.25) is 0 Å². The summed E-state index contributed by atoms with van der Waals surface area (Å²) in [6.07, 6.45) is 3.40. The highest BCUT2D eigenvalue weighted by atomic mass is 16.2. The number of nitrogens with zero attached hydrogens (tertiary/aromatic N) is 3. The molecule has 132 valence electrons. The first-order chi connectivity index (χ1) is 12.6. The second-order valence-electron chi connectivity index (χ2n) is 6.02. The van der Waals surface area contributed by atoms with E-state index in [1.165, 1.54) is 0 Å². The Bertz CT molecular complexity index is 868. The van der Waals surface area contributed by atoms with Gasteiger partial charge in [-0.3, -0.25) is 9.78 Å². The molecule has 0 unspecified atom stereocenters. The first kappa shape index (κ1) is 17.5. The van der Waals surface area contributed by atoms with Crippen LogP contribution in [0.1, 0.15) is 18.2 Å². The van der Waals surface area contributed by atoms with Crippen molar-refractivity contribution >= 4 is 11.7 Å². The van der Waals surface area contributed by atoms with Gasteiger partial charge in [0.05, 0.1) is 0 Å². The van der Waals surface area contributed by atoms with Crippen molar-refractivity contribution in [3.8, 4) is 11.4 Å². The van der Waals surface area contributed by atoms with E-state index in [0.717, 1.165) is 16.8 Å². The number of aryl methyl sites for hydroxylation is 1. The van der Waals surface area contributed by atoms with E-state index in [-0.39, 0.29) is 5.91 Å². The van der Waals surface area contributed by atoms with Gasteiger partial charge in [0.15, 0.2) is 5.82 Å². The van der Waals surface area contributed by atoms with Gasteiger partial charge in [0.1, 0.15) is 11.9 Å². The normalized spacial score (nSPS) is 11.6. The number of anilines is 1. The molecule has 6 heteroatoms. The number of pyridine rings is 1. The number of carbonyl (C=O) groups is 1. The summed E-state index contributed by atoms with van der Waals surface area (Å²) in [4.78, 5) is 25.3. The van der Waals surface area contributed by atoms with Crippen molar-refractivity contribution in [2.45, 2.75) is 26.4 Å². The van der Waals surface area contributed by atoms with Crippen molar-refractivity contribution in [1.82, 2.24) is 20.3 Å². The molecule has 0 aliphatic rings. The third-order valence-corrected chi connectivity index (χ3v) is 3.86. The lowest BCUT2D eigenvalue weighted by atomic mass is 10.2. The Kier molecular flexibility index (Phi) is 5.53. The molecule has 3 aromatic rings. The lowest BCUT2D eigenvalue weighted by Crippen LogP contribution is -2.37. The third-order valence-electron chi connectivity index (χ3n) is 3.86. The summed E-state index contributed by atoms with van der Waals surface area (Å²) < 4.78 is 0. The number of benzene rings is 1. The number of aromatic nitrogens is 3. The number of hydrogen-bond donors (Lipinski definition) is 2. The molecule has 0 fully saturated rings. The molecule has 0 aliphatic carbocycles. The predicted molar refractivity (Wildman–Crippen MR) is 101 cm³/mol. The number of hydrogen-bond acceptors (Lipinski definition) is 5. The Hall–Kier alpha value is -3.28. The van der Waals surface area contributed by atoms with E-state index < -0.39 is 6.04 Å². The summed E-state index contributed by atoms with van der Waals surface area (Å²) >= 11 is 0. The molecule has 0 saturated carbocycles. The van der Waals surface area contributed by atoms with Crippen LogP contribution in [0, 0.1) is 6.92 Å². The Labute approximate surface area is 152 Å². The molecule has 1 amide bonds. The van der Waals surface area contributed by atoms with Gasteiger partial charge in [-0.15, -0.1) is 0 Å². The monoisotopic (exact) mass is 347 g/mol. The molecule has 1 atom stereocenters. The number of carbonyl (C=O) groups excluding carboxylic acids is 1. The van der Waals surface area contributed by atoms with Crippen LogP contribution < -0.4 is 10.6 Å². The summed E-state index contributed by atoms with van der Waals surface area (Å²) in [5.74, 6) is 1.13. The SMILES string of the molecule is Cc1cc(N[C@@H](C)C(=O)NCc2ccccc2)nc(-c2ccncc2)n1. The third kappa shape index (κ3) is 4.63. The average molecular weight is 347 g/mol. The second-order valence-corrected chi connectivity index (χ2v) is 6.02. The van der Waals surface area contributed by atoms with Crippen LogP contribution >= 0.6 is 0 Å². The van der Waals surface area contributed by atoms with Gasteiger partial charge >= 0.3 is 0 Å². The van der Waals surface area contributed by atoms with Gasteiger partial charge < -0.3 is 10.6 Å². The van der Waals surface area contributed by atoms with Gasteiger partial charge in [-0.05, 0) is 31.5 Å². The van der Waals surface area contributed by atoms with Crippen LogP contribution in [0.15, 0.2) is 60.9 Å². The minimum atomic E-state index is -0.418. The Morgan fingerprint density at radius 3 is 2.54 bits per heavy atom. The van der Waals surface area contributed by atoms with Crippen LogP contribution in [0.4, 0.5) is 5.82 Å². The van der Waals surface area contributed by atoms with Gasteiger partial charge in [-0.2, -0.15) is 0 Å². The Morgan fingerprint density at radius 1 is 1.08 bits per heavy atom. The van der Waals surface area contributed by atoms with E-state index >= 15 is 0 Å². The molecule has 0 spiro atoms. The van der Waals surface area contributed by atoms with Gasteiger partial charge in [0.2, 0.25) is 5.91 Å². The Morgan fingerprint density at radius 2 is 1.81 bits per heavy atom. The topological polar surface area (TPSA) is 79.8 Å². The lowest BCUT2D eigenvalue weighted by Gasteiger charge is -2.15. The van der Waals surface area contributed by atoms with Gasteiger partial charge in [0.25, 0.3) is 0 Å². The van der Waals surface area contributed by atoms with Gasteiger partial charge in [0, 0.05) is 36.3 Å². The molecule has 0 saturated heterocycles. The zero-order chi connectivity index (χ0) is 18.4. The number of nitrogens with one attached hydrogen (secondary N) is 2. The fourth-order valence-electron chi connectivity index (χ4n) is 2.50. The highest BCUT2D eigenvalue weighted by Crippen LogP contribution is 2.17. The smallest absolute Gasteiger partial charge is 0.242 e. The van der Waals surface area contributed by atoms with Gasteiger partial charge in [-0.1, -0.05) is 30.3 Å². The molecular formula is C20H21N5O. The highest BCUT2D eigenvalue weighted by molar-refractivity contribution is 5.83. The van der Waals surface area contributed by atoms with Crippen molar-refractivity contribution in [1.29, 1.82) is 0 Å². The van der Waals surface area contributed by atoms with E-state index in [0.29, 0.717) is 18.2 Å². The molecule has 26 heavy (non-hydrogen) atoms. The van der Waals surface area contributed by atoms with E-state index in [4.69, 9.17) is 0 Å². The zero-order valence-corrected chi connectivity index (χ0v) is 14.8. The van der Waals surface area contributed by atoms with E-state index in [2.05, 4.69) is 25.6 Å². The maximum atomic E-state index is 12.3. The molecule has 3 rings (SSSR count). The van der Waals surface area contributed by atoms with Crippen molar-refractivity contribution < 1.29 is 4.79 Å². The maximum Gasteiger partial charge on any atom is 0.242 e. The molecule has 6 nitrogen and oxygen atoms in total. The minimum Gasteiger partial charge on any atom is -0.359 e. The maximum absolute atomic E-state index is 12.3. The van der Waals surface area contributed by atoms with E-state index in [1.807, 2.05) is 62.4 Å². The molecule has 2 aromatic heterocycles. The molecule has 0 bridgehead atoms. The minimum absolute atomic E-state index is 0.0874. The molecule has 0 aliphatic heterocycles. The standard InChI is InChI=1S/C20H21N5O/c1-14-12-18(25-19(23-14)17-8-10-21-11-9-17)24-15(2)20(26)22-13-16-6-4-3-5-7-16/h3-12,15H,13H2,1-2H3,(H,22,26)(H,23,24,25)/t15-/m0/s1. The first-order valence-corrected chi connectivity index (χ1v) is 8.46. The van der Waals surface area contributed by atoms with E-state index in [9.17, 15) is 4.79 Å². The molecular weight excluding hydrogens is 326 g/mol. The highest BCUT2D eigenvalue weighted by Gasteiger charge is 2.14. The molecule has 0 radical (unpaired) electrons. The van der Waals surface area contributed by atoms with Crippen molar-refractivity contribution in [2.24, 2.45) is 0 Å². The summed E-state index contributed by atoms with van der Waals surface area (Å²) in [5.41, 5.74) is 2.77. The average Bonchev–Trinajstić information content (AvgIpc) is 2.67. The van der Waals surface area contributed by atoms with Crippen LogP contribution in [0.5, 0.6) is 0 Å². The molecule has 2 heterocycles. The lowest BCUT2D eigenvalue weighted by molar-refractivity contribution is -0.121. The van der Waals surface area contributed by atoms with Crippen molar-refractivity contribution in [2.75, 3.05) is 5.32 Å². The molecule has 1 aromatic carbocycles.